The van der Waals surface area contributed by atoms with Gasteiger partial charge in [-0.05, 0) is 56.4 Å². The summed E-state index contributed by atoms with van der Waals surface area (Å²) in [5, 5.41) is 13.2. The van der Waals surface area contributed by atoms with Crippen LogP contribution in [0.15, 0.2) is 29.2 Å². The third-order valence-electron chi connectivity index (χ3n) is 3.82. The molecule has 3 nitrogen and oxygen atoms in total. The van der Waals surface area contributed by atoms with Crippen LogP contribution in [0.1, 0.15) is 32.6 Å². The van der Waals surface area contributed by atoms with Gasteiger partial charge in [0.1, 0.15) is 0 Å². The lowest BCUT2D eigenvalue weighted by Gasteiger charge is -2.26. The maximum atomic E-state index is 12.1. The van der Waals surface area contributed by atoms with Crippen molar-refractivity contribution in [1.82, 2.24) is 5.32 Å². The maximum Gasteiger partial charge on any atom is 0.233 e. The Morgan fingerprint density at radius 1 is 1.43 bits per heavy atom. The van der Waals surface area contributed by atoms with Gasteiger partial charge >= 0.3 is 0 Å². The van der Waals surface area contributed by atoms with Gasteiger partial charge in [-0.15, -0.1) is 11.8 Å². The Morgan fingerprint density at radius 3 is 2.81 bits per heavy atom. The molecular weight excluding hydrogens is 306 g/mol. The number of aliphatic hydroxyl groups is 1. The Hall–Kier alpha value is -0.710. The average Bonchev–Trinajstić information content (AvgIpc) is 2.47. The van der Waals surface area contributed by atoms with E-state index in [-0.39, 0.29) is 17.3 Å². The van der Waals surface area contributed by atoms with Crippen LogP contribution in [0.2, 0.25) is 5.02 Å². The van der Waals surface area contributed by atoms with Crippen molar-refractivity contribution in [2.45, 2.75) is 48.9 Å². The smallest absolute Gasteiger partial charge is 0.233 e. The molecule has 1 amide bonds. The molecular formula is C16H22ClNO2S. The summed E-state index contributed by atoms with van der Waals surface area (Å²) in [6, 6.07) is 7.51. The molecule has 1 aromatic rings. The van der Waals surface area contributed by atoms with Crippen LogP contribution in [0.5, 0.6) is 0 Å². The minimum Gasteiger partial charge on any atom is -0.393 e. The highest BCUT2D eigenvalue weighted by molar-refractivity contribution is 8.00. The van der Waals surface area contributed by atoms with Gasteiger partial charge in [-0.3, -0.25) is 4.79 Å². The van der Waals surface area contributed by atoms with E-state index in [4.69, 9.17) is 11.6 Å². The lowest BCUT2D eigenvalue weighted by atomic mass is 9.87. The largest absolute Gasteiger partial charge is 0.393 e. The topological polar surface area (TPSA) is 49.3 Å². The third kappa shape index (κ3) is 5.53. The van der Waals surface area contributed by atoms with Crippen molar-refractivity contribution in [3.8, 4) is 0 Å². The molecule has 0 saturated heterocycles. The van der Waals surface area contributed by atoms with Gasteiger partial charge in [0.05, 0.1) is 11.4 Å². The van der Waals surface area contributed by atoms with E-state index in [1.165, 1.54) is 11.8 Å². The van der Waals surface area contributed by atoms with Crippen molar-refractivity contribution >= 4 is 29.3 Å². The highest BCUT2D eigenvalue weighted by Gasteiger charge is 2.21. The summed E-state index contributed by atoms with van der Waals surface area (Å²) < 4.78 is 0. The molecule has 2 rings (SSSR count). The lowest BCUT2D eigenvalue weighted by Crippen LogP contribution is -2.36. The predicted octanol–water partition coefficient (Wildman–Crippen LogP) is 3.49. The molecule has 0 heterocycles. The molecule has 1 saturated carbocycles. The number of rotatable bonds is 5. The molecule has 0 radical (unpaired) electrons. The Morgan fingerprint density at radius 2 is 2.14 bits per heavy atom. The first kappa shape index (κ1) is 16.7. The SMILES string of the molecule is CC(Sc1ccc(Cl)cc1)C(=O)NCC1CCCC(O)C1. The summed E-state index contributed by atoms with van der Waals surface area (Å²) in [4.78, 5) is 13.2. The lowest BCUT2D eigenvalue weighted by molar-refractivity contribution is -0.120. The van der Waals surface area contributed by atoms with E-state index in [1.54, 1.807) is 0 Å². The number of hydrogen-bond donors (Lipinski definition) is 2. The molecule has 116 valence electrons. The normalized spacial score (nSPS) is 23.6. The van der Waals surface area contributed by atoms with Crippen LogP contribution in [0, 0.1) is 5.92 Å². The van der Waals surface area contributed by atoms with Crippen LogP contribution in [-0.4, -0.2) is 28.9 Å². The maximum absolute atomic E-state index is 12.1. The highest BCUT2D eigenvalue weighted by Crippen LogP contribution is 2.26. The van der Waals surface area contributed by atoms with E-state index in [2.05, 4.69) is 5.32 Å². The summed E-state index contributed by atoms with van der Waals surface area (Å²) in [7, 11) is 0. The molecule has 1 fully saturated rings. The molecule has 3 unspecified atom stereocenters. The van der Waals surface area contributed by atoms with Crippen molar-refractivity contribution in [1.29, 1.82) is 0 Å². The zero-order valence-electron chi connectivity index (χ0n) is 12.2. The van der Waals surface area contributed by atoms with Crippen LogP contribution < -0.4 is 5.32 Å². The minimum atomic E-state index is -0.193. The number of hydrogen-bond acceptors (Lipinski definition) is 3. The van der Waals surface area contributed by atoms with Gasteiger partial charge < -0.3 is 10.4 Å². The van der Waals surface area contributed by atoms with Gasteiger partial charge in [-0.2, -0.15) is 0 Å². The van der Waals surface area contributed by atoms with E-state index in [1.807, 2.05) is 31.2 Å². The average molecular weight is 328 g/mol. The second kappa shape index (κ2) is 8.06. The molecule has 0 aliphatic heterocycles. The molecule has 1 aliphatic rings. The zero-order chi connectivity index (χ0) is 15.2. The first-order valence-corrected chi connectivity index (χ1v) is 8.68. The summed E-state index contributed by atoms with van der Waals surface area (Å²) in [6.45, 7) is 2.58. The standard InChI is InChI=1S/C16H22ClNO2S/c1-11(21-15-7-5-13(17)6-8-15)16(20)18-10-12-3-2-4-14(19)9-12/h5-8,11-12,14,19H,2-4,9-10H2,1H3,(H,18,20). The van der Waals surface area contributed by atoms with Crippen LogP contribution in [0.25, 0.3) is 0 Å². The van der Waals surface area contributed by atoms with Crippen molar-refractivity contribution < 1.29 is 9.90 Å². The number of amides is 1. The van der Waals surface area contributed by atoms with Crippen molar-refractivity contribution in [2.75, 3.05) is 6.54 Å². The van der Waals surface area contributed by atoms with E-state index in [0.717, 1.165) is 30.6 Å². The Labute approximate surface area is 135 Å². The first-order valence-electron chi connectivity index (χ1n) is 7.42. The van der Waals surface area contributed by atoms with E-state index in [0.29, 0.717) is 17.5 Å². The molecule has 0 aromatic heterocycles. The third-order valence-corrected chi connectivity index (χ3v) is 5.18. The van der Waals surface area contributed by atoms with Gasteiger partial charge in [-0.1, -0.05) is 18.0 Å². The van der Waals surface area contributed by atoms with Crippen LogP contribution in [-0.2, 0) is 4.79 Å². The van der Waals surface area contributed by atoms with E-state index in [9.17, 15) is 9.90 Å². The first-order chi connectivity index (χ1) is 10.0. The quantitative estimate of drug-likeness (QED) is 0.814. The van der Waals surface area contributed by atoms with Gasteiger partial charge in [0.25, 0.3) is 0 Å². The number of thioether (sulfide) groups is 1. The minimum absolute atomic E-state index is 0.0509. The number of halogens is 1. The monoisotopic (exact) mass is 327 g/mol. The fourth-order valence-electron chi connectivity index (χ4n) is 2.61. The van der Waals surface area contributed by atoms with Gasteiger partial charge in [0, 0.05) is 16.5 Å². The second-order valence-electron chi connectivity index (χ2n) is 5.65. The predicted molar refractivity (Wildman–Crippen MR) is 87.7 cm³/mol. The molecule has 0 bridgehead atoms. The highest BCUT2D eigenvalue weighted by atomic mass is 35.5. The summed E-state index contributed by atoms with van der Waals surface area (Å²) in [5.41, 5.74) is 0. The molecule has 2 N–H and O–H groups in total. The zero-order valence-corrected chi connectivity index (χ0v) is 13.8. The molecule has 3 atom stereocenters. The molecule has 21 heavy (non-hydrogen) atoms. The summed E-state index contributed by atoms with van der Waals surface area (Å²) in [6.07, 6.45) is 3.65. The van der Waals surface area contributed by atoms with Gasteiger partial charge in [0.15, 0.2) is 0 Å². The summed E-state index contributed by atoms with van der Waals surface area (Å²) in [5.74, 6) is 0.459. The van der Waals surface area contributed by atoms with Crippen molar-refractivity contribution in [3.05, 3.63) is 29.3 Å². The Bertz CT molecular complexity index is 466. The Kier molecular flexibility index (Phi) is 6.40. The van der Waals surface area contributed by atoms with Crippen LogP contribution in [0.4, 0.5) is 0 Å². The van der Waals surface area contributed by atoms with E-state index < -0.39 is 0 Å². The fraction of sp³-hybridized carbons (Fsp3) is 0.562. The van der Waals surface area contributed by atoms with Gasteiger partial charge in [0.2, 0.25) is 5.91 Å². The number of carbonyl (C=O) groups is 1. The Balaban J connectivity index is 1.75. The molecule has 1 aromatic carbocycles. The van der Waals surface area contributed by atoms with E-state index >= 15 is 0 Å². The van der Waals surface area contributed by atoms with Crippen molar-refractivity contribution in [2.24, 2.45) is 5.92 Å². The number of carbonyl (C=O) groups excluding carboxylic acids is 1. The molecule has 5 heteroatoms. The second-order valence-corrected chi connectivity index (χ2v) is 7.50. The number of aliphatic hydroxyl groups excluding tert-OH is 1. The summed E-state index contributed by atoms with van der Waals surface area (Å²) >= 11 is 7.38. The fourth-order valence-corrected chi connectivity index (χ4v) is 3.63. The van der Waals surface area contributed by atoms with Crippen molar-refractivity contribution in [3.63, 3.8) is 0 Å². The van der Waals surface area contributed by atoms with Crippen LogP contribution in [0.3, 0.4) is 0 Å². The van der Waals surface area contributed by atoms with Crippen LogP contribution >= 0.6 is 23.4 Å². The van der Waals surface area contributed by atoms with Gasteiger partial charge in [-0.25, -0.2) is 0 Å². The molecule has 1 aliphatic carbocycles. The number of benzene rings is 1. The molecule has 0 spiro atoms. The number of nitrogens with one attached hydrogen (secondary N) is 1.